The van der Waals surface area contributed by atoms with Crippen LogP contribution >= 0.6 is 0 Å². The van der Waals surface area contributed by atoms with Gasteiger partial charge in [0, 0.05) is 24.6 Å². The average Bonchev–Trinajstić information content (AvgIpc) is 2.76. The van der Waals surface area contributed by atoms with E-state index in [4.69, 9.17) is 9.47 Å². The molecule has 0 bridgehead atoms. The molecule has 0 aliphatic carbocycles. The molecule has 0 aliphatic heterocycles. The summed E-state index contributed by atoms with van der Waals surface area (Å²) in [5, 5.41) is 35.9. The number of ether oxygens (including phenoxy) is 2. The molecule has 0 saturated carbocycles. The van der Waals surface area contributed by atoms with Gasteiger partial charge in [-0.05, 0) is 32.8 Å². The zero-order valence-electron chi connectivity index (χ0n) is 18.7. The fourth-order valence-corrected chi connectivity index (χ4v) is 2.87. The minimum absolute atomic E-state index is 0.00979. The molecule has 1 aromatic carbocycles. The number of rotatable bonds is 12. The third kappa shape index (κ3) is 7.23. The second-order valence-corrected chi connectivity index (χ2v) is 7.18. The molecule has 1 aromatic rings. The number of hydrogen-bond acceptors (Lipinski definition) is 11. The molecule has 0 radical (unpaired) electrons. The summed E-state index contributed by atoms with van der Waals surface area (Å²) in [6.07, 6.45) is 0.120. The Kier molecular flexibility index (Phi) is 9.87. The Morgan fingerprint density at radius 1 is 1.24 bits per heavy atom. The van der Waals surface area contributed by atoms with Gasteiger partial charge in [-0.1, -0.05) is 6.92 Å². The average molecular weight is 463 g/mol. The van der Waals surface area contributed by atoms with E-state index in [2.05, 4.69) is 10.5 Å². The summed E-state index contributed by atoms with van der Waals surface area (Å²) in [7, 11) is 0. The SMILES string of the molecule is CCOC(=O)C(C#N)(CCC(C)=NNc1ccc([N+](=O)[O-])cc1[N+](=O)[O-])C(C)COC(C)=O. The smallest absolute Gasteiger partial charge is 0.326 e. The fourth-order valence-electron chi connectivity index (χ4n) is 2.87. The summed E-state index contributed by atoms with van der Waals surface area (Å²) in [6.45, 7) is 5.88. The molecule has 13 nitrogen and oxygen atoms in total. The maximum Gasteiger partial charge on any atom is 0.326 e. The van der Waals surface area contributed by atoms with Crippen LogP contribution in [0.25, 0.3) is 0 Å². The second-order valence-electron chi connectivity index (χ2n) is 7.18. The van der Waals surface area contributed by atoms with Crippen LogP contribution in [0.4, 0.5) is 17.1 Å². The monoisotopic (exact) mass is 463 g/mol. The Morgan fingerprint density at radius 3 is 2.42 bits per heavy atom. The third-order valence-electron chi connectivity index (χ3n) is 4.85. The Hall–Kier alpha value is -4.08. The van der Waals surface area contributed by atoms with E-state index in [1.54, 1.807) is 20.8 Å². The van der Waals surface area contributed by atoms with Crippen LogP contribution in [0.5, 0.6) is 0 Å². The van der Waals surface area contributed by atoms with Crippen molar-refractivity contribution in [2.24, 2.45) is 16.4 Å². The number of nitriles is 1. The topological polar surface area (TPSA) is 187 Å². The van der Waals surface area contributed by atoms with Gasteiger partial charge in [0.1, 0.15) is 5.69 Å². The lowest BCUT2D eigenvalue weighted by Crippen LogP contribution is -2.40. The van der Waals surface area contributed by atoms with Crippen molar-refractivity contribution in [1.82, 2.24) is 0 Å². The van der Waals surface area contributed by atoms with Crippen molar-refractivity contribution in [3.05, 3.63) is 38.4 Å². The molecule has 13 heteroatoms. The van der Waals surface area contributed by atoms with Gasteiger partial charge in [0.25, 0.3) is 5.69 Å². The van der Waals surface area contributed by atoms with Gasteiger partial charge in [0.05, 0.1) is 35.2 Å². The van der Waals surface area contributed by atoms with Crippen LogP contribution in [0, 0.1) is 42.9 Å². The number of benzene rings is 1. The molecule has 0 spiro atoms. The number of nitrogens with zero attached hydrogens (tertiary/aromatic N) is 4. The summed E-state index contributed by atoms with van der Waals surface area (Å²) in [4.78, 5) is 44.3. The van der Waals surface area contributed by atoms with Gasteiger partial charge in [0.2, 0.25) is 0 Å². The van der Waals surface area contributed by atoms with Crippen molar-refractivity contribution < 1.29 is 28.9 Å². The molecule has 2 atom stereocenters. The molecule has 1 rings (SSSR count). The Morgan fingerprint density at radius 2 is 1.91 bits per heavy atom. The van der Waals surface area contributed by atoms with Gasteiger partial charge in [-0.25, -0.2) is 0 Å². The van der Waals surface area contributed by atoms with Gasteiger partial charge in [-0.2, -0.15) is 10.4 Å². The molecule has 0 fully saturated rings. The Balaban J connectivity index is 3.07. The fraction of sp³-hybridized carbons (Fsp3) is 0.500. The number of hydrogen-bond donors (Lipinski definition) is 1. The number of nitrogens with one attached hydrogen (secondary N) is 1. The van der Waals surface area contributed by atoms with Crippen molar-refractivity contribution in [1.29, 1.82) is 5.26 Å². The van der Waals surface area contributed by atoms with E-state index < -0.39 is 44.5 Å². The standard InChI is InChI=1S/C20H25N5O8/c1-5-32-19(27)20(12-21,13(2)11-33-15(4)26)9-8-14(3)22-23-17-7-6-16(24(28)29)10-18(17)25(30)31/h6-7,10,13,23H,5,8-9,11H2,1-4H3. The molecule has 178 valence electrons. The number of carbonyl (C=O) groups excluding carboxylic acids is 2. The van der Waals surface area contributed by atoms with Crippen molar-refractivity contribution in [3.8, 4) is 6.07 Å². The molecule has 0 saturated heterocycles. The van der Waals surface area contributed by atoms with Gasteiger partial charge >= 0.3 is 17.6 Å². The van der Waals surface area contributed by atoms with Crippen LogP contribution in [0.3, 0.4) is 0 Å². The van der Waals surface area contributed by atoms with Crippen molar-refractivity contribution in [2.45, 2.75) is 40.5 Å². The number of esters is 2. The molecule has 0 heterocycles. The lowest BCUT2D eigenvalue weighted by molar-refractivity contribution is -0.393. The van der Waals surface area contributed by atoms with Gasteiger partial charge in [-0.15, -0.1) is 0 Å². The summed E-state index contributed by atoms with van der Waals surface area (Å²) in [5.41, 5.74) is 0.239. The predicted molar refractivity (Wildman–Crippen MR) is 116 cm³/mol. The highest BCUT2D eigenvalue weighted by Crippen LogP contribution is 2.35. The maximum absolute atomic E-state index is 12.6. The van der Waals surface area contributed by atoms with E-state index in [0.717, 1.165) is 18.2 Å². The lowest BCUT2D eigenvalue weighted by Gasteiger charge is -2.30. The van der Waals surface area contributed by atoms with Crippen LogP contribution in [-0.4, -0.2) is 40.7 Å². The molecule has 0 aromatic heterocycles. The number of nitro benzene ring substituents is 2. The molecule has 2 unspecified atom stereocenters. The highest BCUT2D eigenvalue weighted by molar-refractivity contribution is 5.85. The molecule has 1 N–H and O–H groups in total. The molecule has 0 aliphatic rings. The molecular formula is C20H25N5O8. The van der Waals surface area contributed by atoms with Crippen molar-refractivity contribution >= 4 is 34.7 Å². The maximum atomic E-state index is 12.6. The number of non-ortho nitro benzene ring substituents is 1. The Bertz CT molecular complexity index is 987. The predicted octanol–water partition coefficient (Wildman–Crippen LogP) is 3.34. The molecular weight excluding hydrogens is 438 g/mol. The van der Waals surface area contributed by atoms with Crippen LogP contribution < -0.4 is 5.43 Å². The first-order chi connectivity index (χ1) is 15.5. The number of nitro groups is 2. The third-order valence-corrected chi connectivity index (χ3v) is 4.85. The van der Waals surface area contributed by atoms with E-state index in [1.807, 2.05) is 6.07 Å². The first-order valence-corrected chi connectivity index (χ1v) is 9.92. The van der Waals surface area contributed by atoms with Gasteiger partial charge < -0.3 is 9.47 Å². The Labute approximate surface area is 189 Å². The van der Waals surface area contributed by atoms with Crippen LogP contribution in [-0.2, 0) is 19.1 Å². The largest absolute Gasteiger partial charge is 0.466 e. The minimum atomic E-state index is -1.61. The van der Waals surface area contributed by atoms with E-state index >= 15 is 0 Å². The summed E-state index contributed by atoms with van der Waals surface area (Å²) >= 11 is 0. The summed E-state index contributed by atoms with van der Waals surface area (Å²) < 4.78 is 10.0. The van der Waals surface area contributed by atoms with E-state index in [1.165, 1.54) is 6.92 Å². The lowest BCUT2D eigenvalue weighted by atomic mass is 9.74. The van der Waals surface area contributed by atoms with Crippen LogP contribution in [0.15, 0.2) is 23.3 Å². The highest BCUT2D eigenvalue weighted by atomic mass is 16.6. The zero-order valence-corrected chi connectivity index (χ0v) is 18.7. The van der Waals surface area contributed by atoms with E-state index in [9.17, 15) is 35.1 Å². The molecule has 33 heavy (non-hydrogen) atoms. The summed E-state index contributed by atoms with van der Waals surface area (Å²) in [5.74, 6) is -1.98. The van der Waals surface area contributed by atoms with E-state index in [0.29, 0.717) is 5.71 Å². The quantitative estimate of drug-likeness (QED) is 0.208. The molecule has 0 amide bonds. The summed E-state index contributed by atoms with van der Waals surface area (Å²) in [6, 6.07) is 5.06. The number of anilines is 1. The second kappa shape index (κ2) is 12.1. The van der Waals surface area contributed by atoms with Crippen molar-refractivity contribution in [2.75, 3.05) is 18.6 Å². The van der Waals surface area contributed by atoms with Gasteiger partial charge in [-0.3, -0.25) is 35.2 Å². The number of carbonyl (C=O) groups is 2. The van der Waals surface area contributed by atoms with Crippen LogP contribution in [0.2, 0.25) is 0 Å². The van der Waals surface area contributed by atoms with Gasteiger partial charge in [0.15, 0.2) is 5.41 Å². The normalized spacial score (nSPS) is 13.7. The number of hydrazone groups is 1. The first kappa shape index (κ1) is 27.0. The first-order valence-electron chi connectivity index (χ1n) is 9.92. The minimum Gasteiger partial charge on any atom is -0.466 e. The highest BCUT2D eigenvalue weighted by Gasteiger charge is 2.46. The van der Waals surface area contributed by atoms with Crippen LogP contribution in [0.1, 0.15) is 40.5 Å². The van der Waals surface area contributed by atoms with E-state index in [-0.39, 0.29) is 31.7 Å². The van der Waals surface area contributed by atoms with Crippen molar-refractivity contribution in [3.63, 3.8) is 0 Å². The zero-order chi connectivity index (χ0) is 25.2.